The van der Waals surface area contributed by atoms with E-state index in [4.69, 9.17) is 28.9 Å². The van der Waals surface area contributed by atoms with Gasteiger partial charge in [0.05, 0.1) is 30.9 Å². The van der Waals surface area contributed by atoms with E-state index in [0.29, 0.717) is 92.9 Å². The smallest absolute Gasteiger partial charge is 0.410 e. The van der Waals surface area contributed by atoms with Crippen LogP contribution in [0, 0.1) is 41.5 Å². The molecule has 0 radical (unpaired) electrons. The Labute approximate surface area is 362 Å². The zero-order chi connectivity index (χ0) is 44.8. The molecule has 2 atom stereocenters. The highest BCUT2D eigenvalue weighted by molar-refractivity contribution is 6.90. The molecule has 2 aromatic heterocycles. The number of aromatic nitrogens is 2. The topological polar surface area (TPSA) is 86.3 Å². The molecule has 2 saturated heterocycles. The second-order valence-corrected chi connectivity index (χ2v) is 29.8. The van der Waals surface area contributed by atoms with Crippen LogP contribution in [-0.2, 0) is 14.2 Å². The van der Waals surface area contributed by atoms with Crippen LogP contribution in [0.2, 0.25) is 36.3 Å². The van der Waals surface area contributed by atoms with Crippen LogP contribution in [0.15, 0.2) is 30.5 Å². The number of methoxy groups -OCH3 is 1. The van der Waals surface area contributed by atoms with E-state index in [9.17, 15) is 4.79 Å². The predicted molar refractivity (Wildman–Crippen MR) is 246 cm³/mol. The summed E-state index contributed by atoms with van der Waals surface area (Å²) in [5, 5.41) is 1.90. The Morgan fingerprint density at radius 3 is 2.16 bits per heavy atom. The van der Waals surface area contributed by atoms with Crippen molar-refractivity contribution in [1.82, 2.24) is 14.9 Å². The quantitative estimate of drug-likeness (QED) is 0.0983. The number of ether oxygens (including phenoxy) is 4. The number of hydrogen-bond acceptors (Lipinski definition) is 8. The number of rotatable bonds is 8. The third-order valence-electron chi connectivity index (χ3n) is 11.8. The lowest BCUT2D eigenvalue weighted by molar-refractivity contribution is -0.0106. The van der Waals surface area contributed by atoms with Gasteiger partial charge in [0.1, 0.15) is 50.5 Å². The van der Waals surface area contributed by atoms with Gasteiger partial charge in [-0.3, -0.25) is 4.98 Å². The molecule has 13 heteroatoms. The van der Waals surface area contributed by atoms with Crippen molar-refractivity contribution in [2.24, 2.45) is 0 Å². The first kappa shape index (κ1) is 46.0. The lowest BCUT2D eigenvalue weighted by Crippen LogP contribution is -2.66. The number of fused-ring (bicyclic) bond motifs is 4. The van der Waals surface area contributed by atoms with Crippen LogP contribution in [0.25, 0.3) is 32.8 Å². The van der Waals surface area contributed by atoms with E-state index in [2.05, 4.69) is 89.0 Å². The molecule has 1 amide bonds. The highest BCUT2D eigenvalue weighted by Crippen LogP contribution is 2.43. The predicted octanol–water partition coefficient (Wildman–Crippen LogP) is 10.6. The molecule has 6 rings (SSSR count). The molecule has 4 aromatic rings. The monoisotopic (exact) mass is 868 g/mol. The van der Waals surface area contributed by atoms with E-state index in [0.717, 1.165) is 0 Å². The molecular weight excluding hydrogens is 807 g/mol. The number of piperazine rings is 1. The highest BCUT2D eigenvalue weighted by atomic mass is 28.3. The molecule has 0 aliphatic carbocycles. The highest BCUT2D eigenvalue weighted by Gasteiger charge is 2.44. The lowest BCUT2D eigenvalue weighted by atomic mass is 9.94. The van der Waals surface area contributed by atoms with E-state index in [1.807, 2.05) is 27.7 Å². The summed E-state index contributed by atoms with van der Waals surface area (Å²) < 4.78 is 57.4. The second-order valence-electron chi connectivity index (χ2n) is 19.4. The molecule has 2 bridgehead atoms. The number of carbonyl (C=O) groups is 1. The number of hydrogen-bond donors (Lipinski definition) is 0. The molecule has 2 aromatic carbocycles. The van der Waals surface area contributed by atoms with Crippen molar-refractivity contribution < 1.29 is 32.5 Å². The maximum Gasteiger partial charge on any atom is 0.410 e. The number of carbonyl (C=O) groups excluding carboxylic acids is 1. The molecule has 9 nitrogen and oxygen atoms in total. The Morgan fingerprint density at radius 1 is 0.951 bits per heavy atom. The summed E-state index contributed by atoms with van der Waals surface area (Å²) in [7, 11) is -2.67. The fraction of sp³-hybridized carbons (Fsp3) is 0.521. The van der Waals surface area contributed by atoms with Gasteiger partial charge in [-0.05, 0) is 73.5 Å². The SMILES string of the molecule is COCOc1cc(-c2ncc3c(N4C5COCC4CN(C(=O)OC(C)(C)C)C5)nc(C#C[Si](C)(C)C)c(C)c3c2F)c2c(C#C[Si](C(C)C)(C(C)C)C(C)C)c(F)ccc2c1. The zero-order valence-electron chi connectivity index (χ0n) is 38.4. The third kappa shape index (κ3) is 9.31. The maximum absolute atomic E-state index is 18.0. The summed E-state index contributed by atoms with van der Waals surface area (Å²) >= 11 is 0. The van der Waals surface area contributed by atoms with E-state index in [-0.39, 0.29) is 36.2 Å². The number of amides is 1. The largest absolute Gasteiger partial charge is 0.468 e. The number of aryl methyl sites for hydroxylation is 1. The minimum absolute atomic E-state index is 0.0248. The summed E-state index contributed by atoms with van der Waals surface area (Å²) in [6.45, 7) is 28.4. The number of morpholine rings is 1. The van der Waals surface area contributed by atoms with Crippen molar-refractivity contribution in [3.8, 4) is 39.9 Å². The number of benzene rings is 2. The fourth-order valence-electron chi connectivity index (χ4n) is 9.17. The summed E-state index contributed by atoms with van der Waals surface area (Å²) in [6, 6.07) is 6.00. The van der Waals surface area contributed by atoms with Gasteiger partial charge in [-0.2, -0.15) is 0 Å². The van der Waals surface area contributed by atoms with Crippen LogP contribution in [-0.4, -0.2) is 95.0 Å². The van der Waals surface area contributed by atoms with Gasteiger partial charge in [0.2, 0.25) is 0 Å². The van der Waals surface area contributed by atoms with E-state index < -0.39 is 33.4 Å². The zero-order valence-corrected chi connectivity index (χ0v) is 40.4. The Balaban J connectivity index is 1.63. The Kier molecular flexibility index (Phi) is 13.3. The van der Waals surface area contributed by atoms with Gasteiger partial charge in [0.25, 0.3) is 0 Å². The van der Waals surface area contributed by atoms with Crippen molar-refractivity contribution in [2.75, 3.05) is 45.1 Å². The summed E-state index contributed by atoms with van der Waals surface area (Å²) in [5.41, 5.74) is 9.06. The number of pyridine rings is 2. The summed E-state index contributed by atoms with van der Waals surface area (Å²) in [6.07, 6.45) is 1.27. The average Bonchev–Trinajstić information content (AvgIpc) is 3.15. The summed E-state index contributed by atoms with van der Waals surface area (Å²) in [5.74, 6) is 6.56. The molecule has 2 fully saturated rings. The van der Waals surface area contributed by atoms with Crippen LogP contribution in [0.4, 0.5) is 19.4 Å². The van der Waals surface area contributed by atoms with Gasteiger partial charge < -0.3 is 28.7 Å². The Bertz CT molecular complexity index is 2420. The van der Waals surface area contributed by atoms with Crippen molar-refractivity contribution in [1.29, 1.82) is 0 Å². The number of anilines is 1. The van der Waals surface area contributed by atoms with Gasteiger partial charge in [0, 0.05) is 48.1 Å². The molecule has 2 unspecified atom stereocenters. The van der Waals surface area contributed by atoms with Gasteiger partial charge in [-0.1, -0.05) is 79.1 Å². The van der Waals surface area contributed by atoms with E-state index in [1.165, 1.54) is 13.2 Å². The molecule has 2 aliphatic rings. The Morgan fingerprint density at radius 2 is 1.59 bits per heavy atom. The Hall–Kier alpha value is -4.54. The number of halogens is 2. The van der Waals surface area contributed by atoms with Crippen molar-refractivity contribution in [3.05, 3.63) is 58.9 Å². The van der Waals surface area contributed by atoms with Crippen LogP contribution < -0.4 is 9.64 Å². The summed E-state index contributed by atoms with van der Waals surface area (Å²) in [4.78, 5) is 27.2. The van der Waals surface area contributed by atoms with Crippen molar-refractivity contribution >= 4 is 49.6 Å². The molecule has 0 N–H and O–H groups in total. The normalized spacial score (nSPS) is 17.2. The van der Waals surface area contributed by atoms with Gasteiger partial charge in [0.15, 0.2) is 12.6 Å². The first-order valence-electron chi connectivity index (χ1n) is 21.3. The lowest BCUT2D eigenvalue weighted by Gasteiger charge is -2.50. The minimum Gasteiger partial charge on any atom is -0.468 e. The maximum atomic E-state index is 18.0. The average molecular weight is 869 g/mol. The first-order chi connectivity index (χ1) is 28.6. The fourth-order valence-corrected chi connectivity index (χ4v) is 14.9. The third-order valence-corrected chi connectivity index (χ3v) is 19.0. The van der Waals surface area contributed by atoms with Gasteiger partial charge in [-0.25, -0.2) is 18.6 Å². The molecule has 326 valence electrons. The molecule has 2 aliphatic heterocycles. The molecule has 61 heavy (non-hydrogen) atoms. The van der Waals surface area contributed by atoms with E-state index >= 15 is 8.78 Å². The van der Waals surface area contributed by atoms with Crippen LogP contribution in [0.5, 0.6) is 5.75 Å². The molecular formula is C48H62F2N4O5Si2. The van der Waals surface area contributed by atoms with Gasteiger partial charge >= 0.3 is 6.09 Å². The van der Waals surface area contributed by atoms with Crippen LogP contribution in [0.1, 0.15) is 79.1 Å². The van der Waals surface area contributed by atoms with Crippen LogP contribution in [0.3, 0.4) is 0 Å². The molecule has 0 saturated carbocycles. The second kappa shape index (κ2) is 17.7. The van der Waals surface area contributed by atoms with Crippen molar-refractivity contribution in [3.63, 3.8) is 0 Å². The first-order valence-corrected chi connectivity index (χ1v) is 27.1. The number of nitrogens with zero attached hydrogens (tertiary/aromatic N) is 4. The van der Waals surface area contributed by atoms with Crippen LogP contribution >= 0.6 is 0 Å². The molecule has 4 heterocycles. The minimum atomic E-state index is -2.30. The standard InChI is InChI=1S/C48H62F2N4O5Si2/c1-29(2)61(30(3)4,31(5)6)20-17-37-40(49)16-15-33-21-36(58-28-56-11)22-38(43(33)37)45-44(50)42-32(7)41(18-19-60(12,13)14)52-46(39(42)23-51-45)54-34-24-53(25-35(54)27-57-26-34)47(55)59-48(8,9)10/h15-16,21-23,29-31,34-35H,24-28H2,1-14H3. The molecule has 0 spiro atoms. The van der Waals surface area contributed by atoms with E-state index in [1.54, 1.807) is 29.3 Å². The van der Waals surface area contributed by atoms with Gasteiger partial charge in [-0.15, -0.1) is 11.1 Å². The van der Waals surface area contributed by atoms with Crippen molar-refractivity contribution in [2.45, 2.75) is 123 Å².